The highest BCUT2D eigenvalue weighted by Crippen LogP contribution is 2.30. The Hall–Kier alpha value is -2.83. The van der Waals surface area contributed by atoms with Crippen molar-refractivity contribution in [3.05, 3.63) is 59.9 Å². The Bertz CT molecular complexity index is 945. The summed E-state index contributed by atoms with van der Waals surface area (Å²) in [7, 11) is 0. The Balaban J connectivity index is 1.85. The van der Waals surface area contributed by atoms with Crippen molar-refractivity contribution in [3.63, 3.8) is 0 Å². The van der Waals surface area contributed by atoms with E-state index in [-0.39, 0.29) is 18.2 Å². The summed E-state index contributed by atoms with van der Waals surface area (Å²) in [5.74, 6) is 0.448. The first kappa shape index (κ1) is 18.0. The molecule has 3 aromatic rings. The number of carbonyl (C=O) groups excluding carboxylic acids is 1. The van der Waals surface area contributed by atoms with E-state index in [4.69, 9.17) is 0 Å². The fraction of sp³-hybridized carbons (Fsp3) is 0.263. The average Bonchev–Trinajstić information content (AvgIpc) is 2.93. The highest BCUT2D eigenvalue weighted by Gasteiger charge is 2.30. The Kier molecular flexibility index (Phi) is 4.71. The van der Waals surface area contributed by atoms with Gasteiger partial charge in [-0.05, 0) is 30.3 Å². The Morgan fingerprint density at radius 1 is 1.15 bits per heavy atom. The molecule has 0 aliphatic rings. The van der Waals surface area contributed by atoms with E-state index in [1.807, 2.05) is 38.1 Å². The summed E-state index contributed by atoms with van der Waals surface area (Å²) < 4.78 is 40.2. The van der Waals surface area contributed by atoms with Crippen molar-refractivity contribution in [1.82, 2.24) is 9.55 Å². The third-order valence-corrected chi connectivity index (χ3v) is 3.98. The predicted molar refractivity (Wildman–Crippen MR) is 93.9 cm³/mol. The Morgan fingerprint density at radius 3 is 2.58 bits per heavy atom. The first-order valence-corrected chi connectivity index (χ1v) is 8.18. The number of amides is 1. The molecule has 0 radical (unpaired) electrons. The monoisotopic (exact) mass is 361 g/mol. The first-order valence-electron chi connectivity index (χ1n) is 8.18. The van der Waals surface area contributed by atoms with Crippen molar-refractivity contribution in [2.75, 3.05) is 5.32 Å². The van der Waals surface area contributed by atoms with Crippen LogP contribution in [0.1, 0.15) is 31.2 Å². The van der Waals surface area contributed by atoms with Gasteiger partial charge in [-0.15, -0.1) is 0 Å². The van der Waals surface area contributed by atoms with Crippen LogP contribution in [-0.2, 0) is 17.5 Å². The number of nitrogens with one attached hydrogen (secondary N) is 1. The molecule has 3 rings (SSSR count). The number of anilines is 1. The summed E-state index contributed by atoms with van der Waals surface area (Å²) in [6.45, 7) is 3.93. The van der Waals surface area contributed by atoms with Crippen molar-refractivity contribution in [2.24, 2.45) is 0 Å². The van der Waals surface area contributed by atoms with Gasteiger partial charge in [0.1, 0.15) is 12.4 Å². The minimum atomic E-state index is -4.45. The molecule has 1 aromatic heterocycles. The smallest absolute Gasteiger partial charge is 0.325 e. The van der Waals surface area contributed by atoms with Crippen molar-refractivity contribution in [1.29, 1.82) is 0 Å². The highest BCUT2D eigenvalue weighted by atomic mass is 19.4. The second kappa shape index (κ2) is 6.82. The molecule has 7 heteroatoms. The normalized spacial score (nSPS) is 11.9. The number of nitrogens with zero attached hydrogens (tertiary/aromatic N) is 2. The Morgan fingerprint density at radius 2 is 1.88 bits per heavy atom. The molecule has 136 valence electrons. The number of alkyl halides is 3. The second-order valence-electron chi connectivity index (χ2n) is 6.33. The standard InChI is InChI=1S/C19H18F3N3O/c1-12(2)18-24-15-8-3-4-9-16(15)25(18)11-17(26)23-14-7-5-6-13(10-14)19(20,21)22/h3-10,12H,11H2,1-2H3,(H,23,26). The summed E-state index contributed by atoms with van der Waals surface area (Å²) in [6, 6.07) is 12.0. The van der Waals surface area contributed by atoms with Crippen molar-refractivity contribution >= 4 is 22.6 Å². The van der Waals surface area contributed by atoms with Gasteiger partial charge in [0.2, 0.25) is 5.91 Å². The lowest BCUT2D eigenvalue weighted by atomic mass is 10.2. The summed E-state index contributed by atoms with van der Waals surface area (Å²) in [5.41, 5.74) is 0.907. The molecular formula is C19H18F3N3O. The van der Waals surface area contributed by atoms with Gasteiger partial charge in [0, 0.05) is 11.6 Å². The van der Waals surface area contributed by atoms with Gasteiger partial charge in [0.05, 0.1) is 16.6 Å². The van der Waals surface area contributed by atoms with Gasteiger partial charge < -0.3 is 9.88 Å². The van der Waals surface area contributed by atoms with Gasteiger partial charge >= 0.3 is 6.18 Å². The van der Waals surface area contributed by atoms with Crippen LogP contribution in [0.2, 0.25) is 0 Å². The molecule has 0 unspecified atom stereocenters. The van der Waals surface area contributed by atoms with Crippen LogP contribution in [0.15, 0.2) is 48.5 Å². The predicted octanol–water partition coefficient (Wildman–Crippen LogP) is 4.82. The molecule has 0 fully saturated rings. The van der Waals surface area contributed by atoms with E-state index in [9.17, 15) is 18.0 Å². The van der Waals surface area contributed by atoms with Crippen LogP contribution >= 0.6 is 0 Å². The van der Waals surface area contributed by atoms with Crippen LogP contribution in [0.4, 0.5) is 18.9 Å². The molecule has 2 aromatic carbocycles. The van der Waals surface area contributed by atoms with E-state index < -0.39 is 17.6 Å². The SMILES string of the molecule is CC(C)c1nc2ccccc2n1CC(=O)Nc1cccc(C(F)(F)F)c1. The van der Waals surface area contributed by atoms with Gasteiger partial charge in [0.15, 0.2) is 0 Å². The zero-order chi connectivity index (χ0) is 18.9. The molecule has 0 atom stereocenters. The fourth-order valence-electron chi connectivity index (χ4n) is 2.82. The molecule has 4 nitrogen and oxygen atoms in total. The molecular weight excluding hydrogens is 343 g/mol. The van der Waals surface area contributed by atoms with E-state index in [0.29, 0.717) is 0 Å². The van der Waals surface area contributed by atoms with Gasteiger partial charge in [-0.1, -0.05) is 32.0 Å². The van der Waals surface area contributed by atoms with Gasteiger partial charge in [-0.25, -0.2) is 4.98 Å². The number of rotatable bonds is 4. The average molecular weight is 361 g/mol. The minimum Gasteiger partial charge on any atom is -0.325 e. The third kappa shape index (κ3) is 3.71. The number of imidazole rings is 1. The van der Waals surface area contributed by atoms with Gasteiger partial charge in [-0.2, -0.15) is 13.2 Å². The quantitative estimate of drug-likeness (QED) is 0.724. The number of halogens is 3. The van der Waals surface area contributed by atoms with E-state index >= 15 is 0 Å². The summed E-state index contributed by atoms with van der Waals surface area (Å²) >= 11 is 0. The van der Waals surface area contributed by atoms with E-state index in [2.05, 4.69) is 10.3 Å². The maximum absolute atomic E-state index is 12.8. The molecule has 1 N–H and O–H groups in total. The Labute approximate surface area is 148 Å². The molecule has 0 saturated carbocycles. The number of hydrogen-bond acceptors (Lipinski definition) is 2. The van der Waals surface area contributed by atoms with Crippen LogP contribution in [0, 0.1) is 0 Å². The lowest BCUT2D eigenvalue weighted by molar-refractivity contribution is -0.137. The molecule has 1 heterocycles. The van der Waals surface area contributed by atoms with Gasteiger partial charge in [0.25, 0.3) is 0 Å². The first-order chi connectivity index (χ1) is 12.3. The topological polar surface area (TPSA) is 46.9 Å². The number of hydrogen-bond donors (Lipinski definition) is 1. The summed E-state index contributed by atoms with van der Waals surface area (Å²) in [5, 5.41) is 2.54. The van der Waals surface area contributed by atoms with E-state index in [0.717, 1.165) is 29.0 Å². The molecule has 0 aliphatic heterocycles. The lowest BCUT2D eigenvalue weighted by Crippen LogP contribution is -2.21. The van der Waals surface area contributed by atoms with Crippen molar-refractivity contribution < 1.29 is 18.0 Å². The molecule has 0 bridgehead atoms. The number of para-hydroxylation sites is 2. The largest absolute Gasteiger partial charge is 0.416 e. The van der Waals surface area contributed by atoms with E-state index in [1.54, 1.807) is 4.57 Å². The maximum Gasteiger partial charge on any atom is 0.416 e. The minimum absolute atomic E-state index is 0.0235. The molecule has 0 aliphatic carbocycles. The third-order valence-electron chi connectivity index (χ3n) is 3.98. The van der Waals surface area contributed by atoms with Crippen LogP contribution in [0.3, 0.4) is 0 Å². The number of carbonyl (C=O) groups is 1. The van der Waals surface area contributed by atoms with Crippen LogP contribution < -0.4 is 5.32 Å². The summed E-state index contributed by atoms with van der Waals surface area (Å²) in [4.78, 5) is 17.0. The summed E-state index contributed by atoms with van der Waals surface area (Å²) in [6.07, 6.45) is -4.45. The van der Waals surface area contributed by atoms with Crippen molar-refractivity contribution in [2.45, 2.75) is 32.5 Å². The number of fused-ring (bicyclic) bond motifs is 1. The fourth-order valence-corrected chi connectivity index (χ4v) is 2.82. The molecule has 26 heavy (non-hydrogen) atoms. The van der Waals surface area contributed by atoms with Crippen LogP contribution in [0.25, 0.3) is 11.0 Å². The van der Waals surface area contributed by atoms with Crippen molar-refractivity contribution in [3.8, 4) is 0 Å². The lowest BCUT2D eigenvalue weighted by Gasteiger charge is -2.13. The highest BCUT2D eigenvalue weighted by molar-refractivity contribution is 5.91. The molecule has 0 saturated heterocycles. The zero-order valence-electron chi connectivity index (χ0n) is 14.3. The molecule has 1 amide bonds. The van der Waals surface area contributed by atoms with Gasteiger partial charge in [-0.3, -0.25) is 4.79 Å². The molecule has 0 spiro atoms. The van der Waals surface area contributed by atoms with E-state index in [1.165, 1.54) is 12.1 Å². The maximum atomic E-state index is 12.8. The number of benzene rings is 2. The van der Waals surface area contributed by atoms with Crippen LogP contribution in [0.5, 0.6) is 0 Å². The zero-order valence-corrected chi connectivity index (χ0v) is 14.3. The number of aromatic nitrogens is 2. The van der Waals surface area contributed by atoms with Crippen LogP contribution in [-0.4, -0.2) is 15.5 Å². The second-order valence-corrected chi connectivity index (χ2v) is 6.33.